The molecule has 1 amide bonds. The van der Waals surface area contributed by atoms with Crippen LogP contribution in [0.15, 0.2) is 0 Å². The molecule has 2 aliphatic carbocycles. The molecule has 5 aliphatic rings. The maximum atomic E-state index is 13.4. The Balaban J connectivity index is 1.53. The smallest absolute Gasteiger partial charge is 0.315 e. The first-order valence-electron chi connectivity index (χ1n) is 11.1. The number of piperidine rings is 1. The molecule has 0 aromatic heterocycles. The summed E-state index contributed by atoms with van der Waals surface area (Å²) >= 11 is 0. The van der Waals surface area contributed by atoms with E-state index in [0.717, 1.165) is 38.6 Å². The average molecular weight is 406 g/mol. The van der Waals surface area contributed by atoms with Gasteiger partial charge in [-0.3, -0.25) is 9.59 Å². The third kappa shape index (κ3) is 2.02. The Morgan fingerprint density at radius 1 is 1.18 bits per heavy atom. The largest absolute Gasteiger partial charge is 0.451 e. The van der Waals surface area contributed by atoms with Crippen LogP contribution < -0.4 is 0 Å². The molecule has 0 aromatic rings. The normalized spacial score (nSPS) is 47.2. The maximum Gasteiger partial charge on any atom is 0.315 e. The highest BCUT2D eigenvalue weighted by atomic mass is 28.4. The molecule has 0 unspecified atom stereocenters. The van der Waals surface area contributed by atoms with Gasteiger partial charge >= 0.3 is 5.97 Å². The number of hydrogen-bond acceptors (Lipinski definition) is 4. The van der Waals surface area contributed by atoms with Crippen molar-refractivity contribution in [1.29, 1.82) is 0 Å². The molecule has 5 nitrogen and oxygen atoms in total. The van der Waals surface area contributed by atoms with Gasteiger partial charge in [-0.1, -0.05) is 27.7 Å². The van der Waals surface area contributed by atoms with E-state index in [0.29, 0.717) is 11.8 Å². The van der Waals surface area contributed by atoms with Gasteiger partial charge in [0.15, 0.2) is 14.4 Å². The van der Waals surface area contributed by atoms with Crippen molar-refractivity contribution in [2.45, 2.75) is 96.2 Å². The van der Waals surface area contributed by atoms with E-state index in [-0.39, 0.29) is 34.5 Å². The molecule has 0 N–H and O–H groups in total. The lowest BCUT2D eigenvalue weighted by Gasteiger charge is -2.61. The van der Waals surface area contributed by atoms with Crippen molar-refractivity contribution >= 4 is 20.2 Å². The molecule has 3 heterocycles. The zero-order valence-electron chi connectivity index (χ0n) is 18.2. The fraction of sp³-hybridized carbons (Fsp3) is 0.909. The molecule has 7 atom stereocenters. The number of nitrogens with zero attached hydrogens (tertiary/aromatic N) is 1. The third-order valence-electron chi connectivity index (χ3n) is 9.59. The van der Waals surface area contributed by atoms with Gasteiger partial charge in [-0.05, 0) is 62.1 Å². The monoisotopic (exact) mass is 405 g/mol. The summed E-state index contributed by atoms with van der Waals surface area (Å²) in [5, 5.41) is 0.156. The lowest BCUT2D eigenvalue weighted by Crippen LogP contribution is -2.71. The summed E-state index contributed by atoms with van der Waals surface area (Å²) in [6.07, 6.45) is 4.15. The van der Waals surface area contributed by atoms with Crippen LogP contribution in [0.4, 0.5) is 0 Å². The lowest BCUT2D eigenvalue weighted by molar-refractivity contribution is -0.184. The minimum Gasteiger partial charge on any atom is -0.451 e. The number of amides is 1. The number of hydrogen-bond donors (Lipinski definition) is 0. The van der Waals surface area contributed by atoms with Crippen molar-refractivity contribution in [2.24, 2.45) is 22.7 Å². The second-order valence-corrected chi connectivity index (χ2v) is 16.5. The zero-order chi connectivity index (χ0) is 20.3. The molecule has 28 heavy (non-hydrogen) atoms. The Morgan fingerprint density at radius 3 is 2.57 bits per heavy atom. The SMILES string of the molecule is C[C@@H]1CN2C(=O)[C@H]3OC(=O)[C@]45CC[C@H](O[Si](C)(C)C(C)(C)C)C[C@]34CC[C@H]1[C@H]25. The van der Waals surface area contributed by atoms with Gasteiger partial charge < -0.3 is 14.1 Å². The standard InChI is InChI=1S/C22H35NO4Si/c1-13-12-23-16-15(13)8-9-21-11-14(27-28(5,6)20(2,3)4)7-10-22(16,21)19(25)26-17(21)18(23)24/h13-17H,7-12H2,1-6H3/t13-,14+,15-,16+,17-,21-,22-/m1/s1. The molecule has 2 saturated carbocycles. The highest BCUT2D eigenvalue weighted by Gasteiger charge is 2.81. The maximum absolute atomic E-state index is 13.4. The second kappa shape index (κ2) is 5.42. The highest BCUT2D eigenvalue weighted by molar-refractivity contribution is 6.74. The molecular weight excluding hydrogens is 370 g/mol. The van der Waals surface area contributed by atoms with Gasteiger partial charge in [0.2, 0.25) is 0 Å². The molecule has 5 rings (SSSR count). The molecule has 0 aromatic carbocycles. The minimum atomic E-state index is -1.90. The van der Waals surface area contributed by atoms with E-state index in [1.807, 2.05) is 4.90 Å². The molecule has 156 valence electrons. The van der Waals surface area contributed by atoms with Crippen LogP contribution in [0, 0.1) is 22.7 Å². The number of esters is 1. The third-order valence-corrected chi connectivity index (χ3v) is 14.1. The Morgan fingerprint density at radius 2 is 1.89 bits per heavy atom. The topological polar surface area (TPSA) is 55.8 Å². The Bertz CT molecular complexity index is 743. The fourth-order valence-electron chi connectivity index (χ4n) is 7.28. The molecule has 6 heteroatoms. The lowest BCUT2D eigenvalue weighted by atomic mass is 9.43. The van der Waals surface area contributed by atoms with Gasteiger partial charge in [-0.15, -0.1) is 0 Å². The van der Waals surface area contributed by atoms with E-state index in [1.54, 1.807) is 0 Å². The van der Waals surface area contributed by atoms with E-state index in [9.17, 15) is 9.59 Å². The molecule has 4 bridgehead atoms. The molecule has 3 aliphatic heterocycles. The van der Waals surface area contributed by atoms with Crippen molar-refractivity contribution in [3.05, 3.63) is 0 Å². The van der Waals surface area contributed by atoms with Crippen LogP contribution >= 0.6 is 0 Å². The summed E-state index contributed by atoms with van der Waals surface area (Å²) in [5.41, 5.74) is -0.819. The molecule has 0 radical (unpaired) electrons. The molecule has 5 fully saturated rings. The summed E-state index contributed by atoms with van der Waals surface area (Å²) < 4.78 is 12.7. The number of rotatable bonds is 2. The average Bonchev–Trinajstić information content (AvgIpc) is 3.04. The van der Waals surface area contributed by atoms with Crippen LogP contribution in [0.2, 0.25) is 18.1 Å². The van der Waals surface area contributed by atoms with Crippen molar-refractivity contribution in [2.75, 3.05) is 6.54 Å². The quantitative estimate of drug-likeness (QED) is 0.519. The first-order chi connectivity index (χ1) is 12.9. The van der Waals surface area contributed by atoms with E-state index in [2.05, 4.69) is 40.8 Å². The van der Waals surface area contributed by atoms with E-state index >= 15 is 0 Å². The van der Waals surface area contributed by atoms with E-state index < -0.39 is 19.8 Å². The zero-order valence-corrected chi connectivity index (χ0v) is 19.2. The Labute approximate surface area is 169 Å². The summed E-state index contributed by atoms with van der Waals surface area (Å²) in [4.78, 5) is 28.7. The van der Waals surface area contributed by atoms with Gasteiger partial charge in [0, 0.05) is 18.1 Å². The predicted molar refractivity (Wildman–Crippen MR) is 108 cm³/mol. The summed E-state index contributed by atoms with van der Waals surface area (Å²) in [5.74, 6) is 0.924. The van der Waals surface area contributed by atoms with Crippen LogP contribution in [0.25, 0.3) is 0 Å². The van der Waals surface area contributed by atoms with Crippen molar-refractivity contribution in [1.82, 2.24) is 4.90 Å². The van der Waals surface area contributed by atoms with Crippen molar-refractivity contribution in [3.63, 3.8) is 0 Å². The fourth-order valence-corrected chi connectivity index (χ4v) is 8.66. The van der Waals surface area contributed by atoms with E-state index in [1.165, 1.54) is 0 Å². The number of carbonyl (C=O) groups is 2. The Kier molecular flexibility index (Phi) is 3.70. The van der Waals surface area contributed by atoms with Crippen LogP contribution in [0.5, 0.6) is 0 Å². The van der Waals surface area contributed by atoms with E-state index in [4.69, 9.17) is 9.16 Å². The Hall–Kier alpha value is -0.883. The van der Waals surface area contributed by atoms with Gasteiger partial charge in [0.1, 0.15) is 0 Å². The highest BCUT2D eigenvalue weighted by Crippen LogP contribution is 2.72. The summed E-state index contributed by atoms with van der Waals surface area (Å²) in [6.45, 7) is 14.5. The van der Waals surface area contributed by atoms with Crippen molar-refractivity contribution in [3.8, 4) is 0 Å². The second-order valence-electron chi connectivity index (χ2n) is 11.8. The van der Waals surface area contributed by atoms with Gasteiger partial charge in [-0.25, -0.2) is 0 Å². The van der Waals surface area contributed by atoms with Crippen LogP contribution in [0.3, 0.4) is 0 Å². The molecular formula is C22H35NO4Si. The minimum absolute atomic E-state index is 0.0591. The van der Waals surface area contributed by atoms with Crippen LogP contribution in [0.1, 0.15) is 59.8 Å². The molecule has 3 saturated heterocycles. The molecule has 0 spiro atoms. The van der Waals surface area contributed by atoms with Crippen LogP contribution in [-0.2, 0) is 18.8 Å². The number of ether oxygens (including phenoxy) is 1. The first-order valence-corrected chi connectivity index (χ1v) is 14.0. The van der Waals surface area contributed by atoms with Gasteiger partial charge in [0.05, 0.1) is 11.5 Å². The predicted octanol–water partition coefficient (Wildman–Crippen LogP) is 3.73. The summed E-state index contributed by atoms with van der Waals surface area (Å²) in [6, 6.07) is 0.0591. The first kappa shape index (κ1) is 19.1. The summed E-state index contributed by atoms with van der Waals surface area (Å²) in [7, 11) is -1.90. The van der Waals surface area contributed by atoms with Gasteiger partial charge in [-0.2, -0.15) is 0 Å². The van der Waals surface area contributed by atoms with Gasteiger partial charge in [0.25, 0.3) is 5.91 Å². The van der Waals surface area contributed by atoms with Crippen molar-refractivity contribution < 1.29 is 18.8 Å². The van der Waals surface area contributed by atoms with Crippen LogP contribution in [-0.4, -0.2) is 49.9 Å². The number of carbonyl (C=O) groups excluding carboxylic acids is 2.